The summed E-state index contributed by atoms with van der Waals surface area (Å²) < 4.78 is 1.72. The Morgan fingerprint density at radius 1 is 1.28 bits per heavy atom. The Labute approximate surface area is 174 Å². The molecule has 0 aromatic carbocycles. The van der Waals surface area contributed by atoms with Crippen molar-refractivity contribution in [3.8, 4) is 0 Å². The number of aryl methyl sites for hydroxylation is 1. The lowest BCUT2D eigenvalue weighted by Gasteiger charge is -2.46. The maximum Gasteiger partial charge on any atom is 0.246 e. The number of rotatable bonds is 4. The first-order valence-electron chi connectivity index (χ1n) is 10.7. The van der Waals surface area contributed by atoms with E-state index in [2.05, 4.69) is 48.0 Å². The number of aromatic nitrogens is 2. The highest BCUT2D eigenvalue weighted by molar-refractivity contribution is 5.98. The van der Waals surface area contributed by atoms with Gasteiger partial charge >= 0.3 is 0 Å². The summed E-state index contributed by atoms with van der Waals surface area (Å²) >= 11 is 0. The summed E-state index contributed by atoms with van der Waals surface area (Å²) in [7, 11) is 3.65. The van der Waals surface area contributed by atoms with Crippen LogP contribution in [-0.2, 0) is 11.8 Å². The van der Waals surface area contributed by atoms with Gasteiger partial charge in [0.1, 0.15) is 6.54 Å². The normalized spacial score (nSPS) is 24.9. The van der Waals surface area contributed by atoms with Gasteiger partial charge in [0.15, 0.2) is 5.96 Å². The number of aliphatic imine (C=N–C) groups is 1. The number of piperazine rings is 1. The van der Waals surface area contributed by atoms with Crippen LogP contribution < -0.4 is 10.2 Å². The van der Waals surface area contributed by atoms with E-state index in [4.69, 9.17) is 0 Å². The van der Waals surface area contributed by atoms with Crippen molar-refractivity contribution in [2.24, 2.45) is 23.9 Å². The fraction of sp³-hybridized carbons (Fsp3) is 0.762. The number of hydrogen-bond donors (Lipinski definition) is 1. The molecular weight excluding hydrogens is 366 g/mol. The SMILES string of the molecule is CN=C(NCC(C)(C)N1CC(C)CC(C)C1)N1CCN(c2cnn(C)c2)C(=O)C1. The molecule has 2 aliphatic rings. The van der Waals surface area contributed by atoms with E-state index in [1.54, 1.807) is 22.8 Å². The van der Waals surface area contributed by atoms with E-state index in [9.17, 15) is 4.79 Å². The van der Waals surface area contributed by atoms with Gasteiger partial charge in [0, 0.05) is 58.6 Å². The summed E-state index contributed by atoms with van der Waals surface area (Å²) in [6.45, 7) is 14.1. The molecule has 2 saturated heterocycles. The van der Waals surface area contributed by atoms with Crippen LogP contribution in [0.1, 0.15) is 34.1 Å². The molecule has 8 nitrogen and oxygen atoms in total. The summed E-state index contributed by atoms with van der Waals surface area (Å²) in [6.07, 6.45) is 4.93. The fourth-order valence-corrected chi connectivity index (χ4v) is 4.57. The van der Waals surface area contributed by atoms with Crippen LogP contribution in [0, 0.1) is 11.8 Å². The van der Waals surface area contributed by atoms with Gasteiger partial charge in [-0.1, -0.05) is 13.8 Å². The Kier molecular flexibility index (Phi) is 6.51. The standard InChI is InChI=1S/C21H37N7O/c1-16-9-17(2)12-27(11-16)21(3,4)15-23-20(22-5)26-7-8-28(19(29)14-26)18-10-24-25(6)13-18/h10,13,16-17H,7-9,11-12,14-15H2,1-6H3,(H,22,23). The van der Waals surface area contributed by atoms with Crippen molar-refractivity contribution >= 4 is 17.6 Å². The highest BCUT2D eigenvalue weighted by Crippen LogP contribution is 2.27. The van der Waals surface area contributed by atoms with Crippen LogP contribution in [0.2, 0.25) is 0 Å². The molecule has 0 saturated carbocycles. The van der Waals surface area contributed by atoms with Crippen LogP contribution in [0.25, 0.3) is 0 Å². The Bertz CT molecular complexity index is 731. The summed E-state index contributed by atoms with van der Waals surface area (Å²) in [5.41, 5.74) is 0.884. The van der Waals surface area contributed by atoms with Crippen molar-refractivity contribution in [3.05, 3.63) is 12.4 Å². The number of carbonyl (C=O) groups excluding carboxylic acids is 1. The Morgan fingerprint density at radius 3 is 2.52 bits per heavy atom. The average molecular weight is 404 g/mol. The lowest BCUT2D eigenvalue weighted by molar-refractivity contribution is -0.120. The number of piperidine rings is 1. The summed E-state index contributed by atoms with van der Waals surface area (Å²) in [5, 5.41) is 7.71. The second kappa shape index (κ2) is 8.73. The number of amides is 1. The Hall–Kier alpha value is -2.09. The number of carbonyl (C=O) groups is 1. The average Bonchev–Trinajstić information content (AvgIpc) is 3.07. The Morgan fingerprint density at radius 2 is 1.97 bits per heavy atom. The van der Waals surface area contributed by atoms with Gasteiger partial charge in [-0.15, -0.1) is 0 Å². The molecule has 2 unspecified atom stereocenters. The second-order valence-corrected chi connectivity index (χ2v) is 9.40. The van der Waals surface area contributed by atoms with E-state index in [0.717, 1.165) is 49.7 Å². The first kappa shape index (κ1) is 21.6. The molecule has 1 aromatic heterocycles. The number of nitrogens with zero attached hydrogens (tertiary/aromatic N) is 6. The minimum Gasteiger partial charge on any atom is -0.354 e. The molecule has 0 spiro atoms. The van der Waals surface area contributed by atoms with Crippen LogP contribution in [0.15, 0.2) is 17.4 Å². The third-order valence-corrected chi connectivity index (χ3v) is 6.14. The molecule has 0 aliphatic carbocycles. The van der Waals surface area contributed by atoms with Crippen molar-refractivity contribution in [2.45, 2.75) is 39.7 Å². The second-order valence-electron chi connectivity index (χ2n) is 9.40. The van der Waals surface area contributed by atoms with Crippen molar-refractivity contribution in [2.75, 3.05) is 51.2 Å². The first-order chi connectivity index (χ1) is 13.7. The molecule has 2 aliphatic heterocycles. The molecule has 1 N–H and O–H groups in total. The summed E-state index contributed by atoms with van der Waals surface area (Å²) in [4.78, 5) is 23.6. The smallest absolute Gasteiger partial charge is 0.246 e. The van der Waals surface area contributed by atoms with Gasteiger partial charge in [0.05, 0.1) is 11.9 Å². The van der Waals surface area contributed by atoms with Crippen LogP contribution in [0.4, 0.5) is 5.69 Å². The molecular formula is C21H37N7O. The molecule has 3 heterocycles. The van der Waals surface area contributed by atoms with Crippen LogP contribution in [-0.4, -0.2) is 83.3 Å². The van der Waals surface area contributed by atoms with Crippen molar-refractivity contribution in [1.82, 2.24) is 24.9 Å². The molecule has 8 heteroatoms. The number of guanidine groups is 1. The van der Waals surface area contributed by atoms with Gasteiger partial charge in [-0.3, -0.25) is 19.4 Å². The highest BCUT2D eigenvalue weighted by atomic mass is 16.2. The number of anilines is 1. The third kappa shape index (κ3) is 5.10. The number of likely N-dealkylation sites (tertiary alicyclic amines) is 1. The van der Waals surface area contributed by atoms with Gasteiger partial charge in [-0.25, -0.2) is 0 Å². The summed E-state index contributed by atoms with van der Waals surface area (Å²) in [6, 6.07) is 0. The van der Waals surface area contributed by atoms with Crippen molar-refractivity contribution < 1.29 is 4.79 Å². The molecule has 162 valence electrons. The molecule has 0 radical (unpaired) electrons. The minimum atomic E-state index is 0.0282. The fourth-order valence-electron chi connectivity index (χ4n) is 4.57. The lowest BCUT2D eigenvalue weighted by atomic mass is 9.88. The van der Waals surface area contributed by atoms with E-state index in [1.807, 2.05) is 18.1 Å². The largest absolute Gasteiger partial charge is 0.354 e. The minimum absolute atomic E-state index is 0.0282. The van der Waals surface area contributed by atoms with Gasteiger partial charge in [0.25, 0.3) is 0 Å². The molecule has 1 aromatic rings. The van der Waals surface area contributed by atoms with E-state index in [0.29, 0.717) is 13.1 Å². The predicted octanol–water partition coefficient (Wildman–Crippen LogP) is 1.40. The monoisotopic (exact) mass is 403 g/mol. The molecule has 1 amide bonds. The zero-order chi connectivity index (χ0) is 21.2. The van der Waals surface area contributed by atoms with E-state index in [1.165, 1.54) is 6.42 Å². The number of hydrogen-bond acceptors (Lipinski definition) is 4. The third-order valence-electron chi connectivity index (χ3n) is 6.14. The van der Waals surface area contributed by atoms with Crippen molar-refractivity contribution in [1.29, 1.82) is 0 Å². The van der Waals surface area contributed by atoms with E-state index in [-0.39, 0.29) is 11.4 Å². The molecule has 2 fully saturated rings. The van der Waals surface area contributed by atoms with Gasteiger partial charge in [0.2, 0.25) is 5.91 Å². The summed E-state index contributed by atoms with van der Waals surface area (Å²) in [5.74, 6) is 2.34. The van der Waals surface area contributed by atoms with Gasteiger partial charge in [-0.2, -0.15) is 5.10 Å². The Balaban J connectivity index is 1.57. The van der Waals surface area contributed by atoms with E-state index >= 15 is 0 Å². The quantitative estimate of drug-likeness (QED) is 0.608. The highest BCUT2D eigenvalue weighted by Gasteiger charge is 2.34. The molecule has 2 atom stereocenters. The van der Waals surface area contributed by atoms with Gasteiger partial charge in [-0.05, 0) is 32.1 Å². The molecule has 0 bridgehead atoms. The zero-order valence-corrected chi connectivity index (χ0v) is 18.9. The lowest BCUT2D eigenvalue weighted by Crippen LogP contribution is -2.59. The molecule has 3 rings (SSSR count). The van der Waals surface area contributed by atoms with Crippen LogP contribution >= 0.6 is 0 Å². The predicted molar refractivity (Wildman–Crippen MR) is 117 cm³/mol. The van der Waals surface area contributed by atoms with E-state index < -0.39 is 0 Å². The zero-order valence-electron chi connectivity index (χ0n) is 18.9. The maximum atomic E-state index is 12.7. The van der Waals surface area contributed by atoms with Gasteiger partial charge < -0.3 is 15.1 Å². The molecule has 29 heavy (non-hydrogen) atoms. The van der Waals surface area contributed by atoms with Crippen LogP contribution in [0.5, 0.6) is 0 Å². The first-order valence-corrected chi connectivity index (χ1v) is 10.7. The van der Waals surface area contributed by atoms with Crippen molar-refractivity contribution in [3.63, 3.8) is 0 Å². The maximum absolute atomic E-state index is 12.7. The number of nitrogens with one attached hydrogen (secondary N) is 1. The van der Waals surface area contributed by atoms with Crippen LogP contribution in [0.3, 0.4) is 0 Å². The topological polar surface area (TPSA) is 69.0 Å².